The van der Waals surface area contributed by atoms with Crippen molar-refractivity contribution in [3.63, 3.8) is 0 Å². The SMILES string of the molecule is COc1ccc(CNC(=O)c2ccccc2-c2ncc(-c3ccc(F)cc3)o2)cc1. The third kappa shape index (κ3) is 4.22. The number of rotatable bonds is 6. The number of carbonyl (C=O) groups is 1. The van der Waals surface area contributed by atoms with Crippen molar-refractivity contribution in [1.82, 2.24) is 10.3 Å². The van der Waals surface area contributed by atoms with Crippen molar-refractivity contribution < 1.29 is 18.3 Å². The van der Waals surface area contributed by atoms with Crippen LogP contribution in [0.5, 0.6) is 5.75 Å². The quantitative estimate of drug-likeness (QED) is 0.488. The molecule has 1 amide bonds. The Bertz CT molecular complexity index is 1150. The van der Waals surface area contributed by atoms with Gasteiger partial charge in [-0.25, -0.2) is 9.37 Å². The summed E-state index contributed by atoms with van der Waals surface area (Å²) >= 11 is 0. The Morgan fingerprint density at radius 1 is 1.03 bits per heavy atom. The van der Waals surface area contributed by atoms with Crippen LogP contribution in [0.3, 0.4) is 0 Å². The van der Waals surface area contributed by atoms with Gasteiger partial charge in [0.2, 0.25) is 5.89 Å². The molecule has 0 radical (unpaired) electrons. The van der Waals surface area contributed by atoms with E-state index in [9.17, 15) is 9.18 Å². The van der Waals surface area contributed by atoms with Crippen LogP contribution in [0.25, 0.3) is 22.8 Å². The first-order valence-corrected chi connectivity index (χ1v) is 9.36. The van der Waals surface area contributed by atoms with Gasteiger partial charge in [0.25, 0.3) is 5.91 Å². The summed E-state index contributed by atoms with van der Waals surface area (Å²) in [5, 5.41) is 2.92. The molecule has 0 aliphatic carbocycles. The Hall–Kier alpha value is -3.93. The number of hydrogen-bond acceptors (Lipinski definition) is 4. The van der Waals surface area contributed by atoms with Crippen LogP contribution in [0.2, 0.25) is 0 Å². The molecule has 30 heavy (non-hydrogen) atoms. The predicted molar refractivity (Wildman–Crippen MR) is 111 cm³/mol. The molecule has 0 saturated heterocycles. The van der Waals surface area contributed by atoms with Gasteiger partial charge >= 0.3 is 0 Å². The largest absolute Gasteiger partial charge is 0.497 e. The minimum Gasteiger partial charge on any atom is -0.497 e. The highest BCUT2D eigenvalue weighted by Gasteiger charge is 2.17. The number of carbonyl (C=O) groups excluding carboxylic acids is 1. The summed E-state index contributed by atoms with van der Waals surface area (Å²) in [5.41, 5.74) is 2.70. The smallest absolute Gasteiger partial charge is 0.252 e. The van der Waals surface area contributed by atoms with E-state index >= 15 is 0 Å². The van der Waals surface area contributed by atoms with E-state index in [1.54, 1.807) is 43.6 Å². The van der Waals surface area contributed by atoms with Crippen molar-refractivity contribution in [1.29, 1.82) is 0 Å². The molecule has 0 unspecified atom stereocenters. The van der Waals surface area contributed by atoms with E-state index in [-0.39, 0.29) is 11.7 Å². The molecule has 0 spiro atoms. The molecule has 4 rings (SSSR count). The zero-order chi connectivity index (χ0) is 20.9. The van der Waals surface area contributed by atoms with Crippen molar-refractivity contribution in [2.45, 2.75) is 6.54 Å². The van der Waals surface area contributed by atoms with Gasteiger partial charge in [0.05, 0.1) is 18.9 Å². The van der Waals surface area contributed by atoms with Gasteiger partial charge in [0.15, 0.2) is 5.76 Å². The van der Waals surface area contributed by atoms with Gasteiger partial charge in [-0.1, -0.05) is 24.3 Å². The minimum absolute atomic E-state index is 0.233. The summed E-state index contributed by atoms with van der Waals surface area (Å²) in [4.78, 5) is 17.1. The van der Waals surface area contributed by atoms with E-state index < -0.39 is 0 Å². The Balaban J connectivity index is 1.53. The minimum atomic E-state index is -0.322. The lowest BCUT2D eigenvalue weighted by molar-refractivity contribution is 0.0951. The Morgan fingerprint density at radius 2 is 1.77 bits per heavy atom. The van der Waals surface area contributed by atoms with Gasteiger partial charge < -0.3 is 14.5 Å². The van der Waals surface area contributed by atoms with E-state index in [0.29, 0.717) is 34.9 Å². The Kier molecular flexibility index (Phi) is 5.57. The second kappa shape index (κ2) is 8.61. The van der Waals surface area contributed by atoms with E-state index in [1.807, 2.05) is 30.3 Å². The number of amides is 1. The third-order valence-corrected chi connectivity index (χ3v) is 4.65. The second-order valence-corrected chi connectivity index (χ2v) is 6.61. The molecule has 0 aliphatic rings. The van der Waals surface area contributed by atoms with Crippen LogP contribution in [0.4, 0.5) is 4.39 Å². The van der Waals surface area contributed by atoms with Gasteiger partial charge in [-0.15, -0.1) is 0 Å². The fourth-order valence-electron chi connectivity index (χ4n) is 3.03. The molecule has 1 heterocycles. The van der Waals surface area contributed by atoms with Gasteiger partial charge in [0, 0.05) is 17.7 Å². The lowest BCUT2D eigenvalue weighted by atomic mass is 10.1. The first kappa shape index (κ1) is 19.4. The van der Waals surface area contributed by atoms with Crippen LogP contribution in [0, 0.1) is 5.82 Å². The molecule has 0 atom stereocenters. The van der Waals surface area contributed by atoms with Crippen molar-refractivity contribution >= 4 is 5.91 Å². The fraction of sp³-hybridized carbons (Fsp3) is 0.0833. The van der Waals surface area contributed by atoms with Crippen molar-refractivity contribution in [2.75, 3.05) is 7.11 Å². The predicted octanol–water partition coefficient (Wildman–Crippen LogP) is 5.09. The van der Waals surface area contributed by atoms with Crippen LogP contribution in [0.1, 0.15) is 15.9 Å². The Morgan fingerprint density at radius 3 is 2.50 bits per heavy atom. The van der Waals surface area contributed by atoms with Gasteiger partial charge in [-0.3, -0.25) is 4.79 Å². The van der Waals surface area contributed by atoms with Crippen LogP contribution in [-0.4, -0.2) is 18.0 Å². The Labute approximate surface area is 173 Å². The van der Waals surface area contributed by atoms with E-state index in [0.717, 1.165) is 11.3 Å². The van der Waals surface area contributed by atoms with Crippen molar-refractivity contribution in [3.05, 3.63) is 95.9 Å². The number of ether oxygens (including phenoxy) is 1. The molecule has 0 bridgehead atoms. The molecule has 150 valence electrons. The lowest BCUT2D eigenvalue weighted by Crippen LogP contribution is -2.23. The monoisotopic (exact) mass is 402 g/mol. The zero-order valence-corrected chi connectivity index (χ0v) is 16.3. The average molecular weight is 402 g/mol. The molecule has 0 aliphatic heterocycles. The average Bonchev–Trinajstić information content (AvgIpc) is 3.28. The zero-order valence-electron chi connectivity index (χ0n) is 16.3. The molecule has 0 saturated carbocycles. The van der Waals surface area contributed by atoms with Crippen molar-refractivity contribution in [3.8, 4) is 28.5 Å². The topological polar surface area (TPSA) is 64.4 Å². The highest BCUT2D eigenvalue weighted by Crippen LogP contribution is 2.28. The van der Waals surface area contributed by atoms with Crippen LogP contribution >= 0.6 is 0 Å². The number of nitrogens with zero attached hydrogens (tertiary/aromatic N) is 1. The number of halogens is 1. The van der Waals surface area contributed by atoms with E-state index in [1.165, 1.54) is 12.1 Å². The molecular formula is C24H19FN2O3. The van der Waals surface area contributed by atoms with Crippen LogP contribution < -0.4 is 10.1 Å². The highest BCUT2D eigenvalue weighted by atomic mass is 19.1. The summed E-state index contributed by atoms with van der Waals surface area (Å²) in [6, 6.07) is 20.5. The molecule has 6 heteroatoms. The molecule has 4 aromatic rings. The second-order valence-electron chi connectivity index (χ2n) is 6.61. The summed E-state index contributed by atoms with van der Waals surface area (Å²) < 4.78 is 24.1. The maximum atomic E-state index is 13.2. The van der Waals surface area contributed by atoms with Gasteiger partial charge in [-0.05, 0) is 54.1 Å². The highest BCUT2D eigenvalue weighted by molar-refractivity contribution is 6.00. The standard InChI is InChI=1S/C24H19FN2O3/c1-29-19-12-6-16(7-13-19)14-26-23(28)20-4-2-3-5-21(20)24-27-15-22(30-24)17-8-10-18(25)11-9-17/h2-13,15H,14H2,1H3,(H,26,28). The normalized spacial score (nSPS) is 10.6. The number of aromatic nitrogens is 1. The third-order valence-electron chi connectivity index (χ3n) is 4.65. The molecule has 1 aromatic heterocycles. The summed E-state index contributed by atoms with van der Waals surface area (Å²) in [5.74, 6) is 1.03. The number of hydrogen-bond donors (Lipinski definition) is 1. The summed E-state index contributed by atoms with van der Waals surface area (Å²) in [6.07, 6.45) is 1.56. The molecule has 5 nitrogen and oxygen atoms in total. The molecule has 0 fully saturated rings. The molecule has 3 aromatic carbocycles. The fourth-order valence-corrected chi connectivity index (χ4v) is 3.03. The number of benzene rings is 3. The first-order valence-electron chi connectivity index (χ1n) is 9.36. The van der Waals surface area contributed by atoms with Gasteiger partial charge in [-0.2, -0.15) is 0 Å². The first-order chi connectivity index (χ1) is 14.6. The summed E-state index contributed by atoms with van der Waals surface area (Å²) in [6.45, 7) is 0.379. The maximum absolute atomic E-state index is 13.2. The van der Waals surface area contributed by atoms with Crippen LogP contribution in [-0.2, 0) is 6.54 Å². The van der Waals surface area contributed by atoms with E-state index in [2.05, 4.69) is 10.3 Å². The summed E-state index contributed by atoms with van der Waals surface area (Å²) in [7, 11) is 1.61. The number of oxazole rings is 1. The van der Waals surface area contributed by atoms with Crippen molar-refractivity contribution in [2.24, 2.45) is 0 Å². The van der Waals surface area contributed by atoms with E-state index in [4.69, 9.17) is 9.15 Å². The van der Waals surface area contributed by atoms with Crippen LogP contribution in [0.15, 0.2) is 83.4 Å². The maximum Gasteiger partial charge on any atom is 0.252 e. The lowest BCUT2D eigenvalue weighted by Gasteiger charge is -2.09. The molecular weight excluding hydrogens is 383 g/mol. The molecule has 1 N–H and O–H groups in total. The number of methoxy groups -OCH3 is 1. The number of nitrogens with one attached hydrogen (secondary N) is 1. The van der Waals surface area contributed by atoms with Gasteiger partial charge in [0.1, 0.15) is 11.6 Å².